The molecule has 0 radical (unpaired) electrons. The number of hydrogen-bond donors (Lipinski definition) is 1. The number of amidine groups is 1. The van der Waals surface area contributed by atoms with Crippen LogP contribution in [0, 0.1) is 0 Å². The number of sulfonamides is 1. The van der Waals surface area contributed by atoms with Crippen molar-refractivity contribution in [2.24, 2.45) is 4.99 Å². The number of amides is 3. The molecule has 3 amide bonds. The molecule has 1 fully saturated rings. The molecule has 1 N–H and O–H groups in total. The first kappa shape index (κ1) is 38.2. The van der Waals surface area contributed by atoms with Crippen LogP contribution in [0.25, 0.3) is 0 Å². The molecule has 2 aliphatic heterocycles. The number of ether oxygens (including phenoxy) is 1. The van der Waals surface area contributed by atoms with Crippen LogP contribution in [0.3, 0.4) is 0 Å². The number of anilines is 1. The average Bonchev–Trinajstić information content (AvgIpc) is 3.40. The Labute approximate surface area is 302 Å². The highest BCUT2D eigenvalue weighted by Crippen LogP contribution is 2.45. The van der Waals surface area contributed by atoms with Gasteiger partial charge in [0.15, 0.2) is 0 Å². The Kier molecular flexibility index (Phi) is 12.1. The molecule has 264 valence electrons. The van der Waals surface area contributed by atoms with Gasteiger partial charge in [-0.2, -0.15) is 0 Å². The number of rotatable bonds is 10. The lowest BCUT2D eigenvalue weighted by Crippen LogP contribution is -2.57. The Balaban J connectivity index is 0.00000541. The molecule has 3 aromatic carbocycles. The van der Waals surface area contributed by atoms with Crippen molar-refractivity contribution in [3.63, 3.8) is 0 Å². The van der Waals surface area contributed by atoms with Gasteiger partial charge in [0.05, 0.1) is 35.9 Å². The summed E-state index contributed by atoms with van der Waals surface area (Å²) in [6.07, 6.45) is 2.15. The van der Waals surface area contributed by atoms with E-state index >= 15 is 0 Å². The van der Waals surface area contributed by atoms with Crippen molar-refractivity contribution in [2.75, 3.05) is 55.8 Å². The Morgan fingerprint density at radius 3 is 2.10 bits per heavy atom. The van der Waals surface area contributed by atoms with E-state index in [0.717, 1.165) is 23.6 Å². The number of halogens is 3. The summed E-state index contributed by atoms with van der Waals surface area (Å²) >= 11 is 12.5. The van der Waals surface area contributed by atoms with Crippen LogP contribution in [-0.4, -0.2) is 100 Å². The maximum absolute atomic E-state index is 14.7. The van der Waals surface area contributed by atoms with E-state index in [4.69, 9.17) is 32.9 Å². The number of urea groups is 1. The summed E-state index contributed by atoms with van der Waals surface area (Å²) in [5, 5.41) is 1.03. The molecule has 5 rings (SSSR count). The molecule has 0 unspecified atom stereocenters. The second kappa shape index (κ2) is 15.5. The van der Waals surface area contributed by atoms with E-state index < -0.39 is 38.0 Å². The second-order valence-electron chi connectivity index (χ2n) is 11.5. The standard InChI is InChI=1S/C32H35Cl2N5O7S2.ClH/c1-4-46-27-19-25(36-48(3,44)45)13-14-26(27)31-35-29(21-5-9-23(33)10-6-21)30(22-7-11-24(34)12-8-22)39(31)32(41)38-16-15-37(28(40)20-38)17-18-47(2,42)43;/h5-14,19,29-30,36H,4,15-18,20H2,1-3H3;1H/t29-,30+;/m0./s1. The molecule has 0 aromatic heterocycles. The largest absolute Gasteiger partial charge is 0.493 e. The van der Waals surface area contributed by atoms with Crippen molar-refractivity contribution in [3.8, 4) is 5.75 Å². The first-order valence-electron chi connectivity index (χ1n) is 15.0. The fourth-order valence-electron chi connectivity index (χ4n) is 5.65. The monoisotopic (exact) mass is 771 g/mol. The molecule has 17 heteroatoms. The molecule has 1 saturated heterocycles. The van der Waals surface area contributed by atoms with Gasteiger partial charge in [0.1, 0.15) is 34.0 Å². The molecule has 0 aliphatic carbocycles. The summed E-state index contributed by atoms with van der Waals surface area (Å²) in [5.41, 5.74) is 2.18. The first-order valence-corrected chi connectivity index (χ1v) is 19.7. The molecule has 2 atom stereocenters. The molecular weight excluding hydrogens is 737 g/mol. The van der Waals surface area contributed by atoms with Gasteiger partial charge in [0.25, 0.3) is 0 Å². The molecule has 12 nitrogen and oxygen atoms in total. The minimum Gasteiger partial charge on any atom is -0.493 e. The van der Waals surface area contributed by atoms with Gasteiger partial charge < -0.3 is 14.5 Å². The summed E-state index contributed by atoms with van der Waals surface area (Å²) in [4.78, 5) is 37.4. The van der Waals surface area contributed by atoms with Crippen molar-refractivity contribution >= 4 is 78.9 Å². The van der Waals surface area contributed by atoms with Crippen LogP contribution in [0.5, 0.6) is 5.75 Å². The fraction of sp³-hybridized carbons (Fsp3) is 0.344. The highest BCUT2D eigenvalue weighted by atomic mass is 35.5. The van der Waals surface area contributed by atoms with Gasteiger partial charge in [-0.15, -0.1) is 12.4 Å². The quantitative estimate of drug-likeness (QED) is 0.304. The van der Waals surface area contributed by atoms with Crippen LogP contribution in [0.1, 0.15) is 35.7 Å². The molecular formula is C32H36Cl3N5O7S2. The zero-order valence-corrected chi connectivity index (χ0v) is 30.8. The number of nitrogens with one attached hydrogen (secondary N) is 1. The van der Waals surface area contributed by atoms with E-state index in [1.54, 1.807) is 43.3 Å². The maximum atomic E-state index is 14.7. The zero-order valence-electron chi connectivity index (χ0n) is 26.9. The maximum Gasteiger partial charge on any atom is 0.326 e. The average molecular weight is 773 g/mol. The summed E-state index contributed by atoms with van der Waals surface area (Å²) < 4.78 is 55.9. The van der Waals surface area contributed by atoms with Gasteiger partial charge in [-0.25, -0.2) is 21.6 Å². The van der Waals surface area contributed by atoms with Crippen LogP contribution in [0.15, 0.2) is 71.7 Å². The predicted molar refractivity (Wildman–Crippen MR) is 193 cm³/mol. The third kappa shape index (κ3) is 9.37. The molecule has 49 heavy (non-hydrogen) atoms. The third-order valence-corrected chi connectivity index (χ3v) is 9.88. The smallest absolute Gasteiger partial charge is 0.326 e. The molecule has 0 spiro atoms. The van der Waals surface area contributed by atoms with E-state index in [-0.39, 0.29) is 74.1 Å². The number of benzene rings is 3. The SMILES string of the molecule is CCOc1cc(NS(C)(=O)=O)ccc1C1=N[C@@H](c2ccc(Cl)cc2)[C@@H](c2ccc(Cl)cc2)N1C(=O)N1CCN(CCS(C)(=O)=O)C(=O)C1.Cl. The van der Waals surface area contributed by atoms with Crippen molar-refractivity contribution in [3.05, 3.63) is 93.5 Å². The first-order chi connectivity index (χ1) is 22.6. The number of hydrogen-bond acceptors (Lipinski definition) is 8. The lowest BCUT2D eigenvalue weighted by molar-refractivity contribution is -0.134. The third-order valence-electron chi connectivity index (χ3n) is 7.84. The molecule has 2 aliphatic rings. The van der Waals surface area contributed by atoms with Gasteiger partial charge in [0, 0.05) is 42.0 Å². The number of carbonyl (C=O) groups excluding carboxylic acids is 2. The van der Waals surface area contributed by atoms with Crippen LogP contribution in [-0.2, 0) is 24.7 Å². The predicted octanol–water partition coefficient (Wildman–Crippen LogP) is 5.04. The van der Waals surface area contributed by atoms with E-state index in [0.29, 0.717) is 15.6 Å². The number of nitrogens with zero attached hydrogens (tertiary/aromatic N) is 4. The van der Waals surface area contributed by atoms with Gasteiger partial charge in [-0.05, 0) is 54.4 Å². The summed E-state index contributed by atoms with van der Waals surface area (Å²) in [7, 11) is -6.89. The number of sulfone groups is 1. The van der Waals surface area contributed by atoms with Gasteiger partial charge >= 0.3 is 6.03 Å². The van der Waals surface area contributed by atoms with Crippen LogP contribution in [0.2, 0.25) is 10.0 Å². The summed E-state index contributed by atoms with van der Waals surface area (Å²) in [6, 6.07) is 17.1. The van der Waals surface area contributed by atoms with Crippen LogP contribution < -0.4 is 9.46 Å². The van der Waals surface area contributed by atoms with Crippen LogP contribution >= 0.6 is 35.6 Å². The Bertz CT molecular complexity index is 1940. The summed E-state index contributed by atoms with van der Waals surface area (Å²) in [6.45, 7) is 2.10. The zero-order chi connectivity index (χ0) is 34.8. The normalized spacial score (nSPS) is 18.2. The van der Waals surface area contributed by atoms with E-state index in [9.17, 15) is 26.4 Å². The summed E-state index contributed by atoms with van der Waals surface area (Å²) in [5.74, 6) is -0.0156. The number of aliphatic imine (C=N–C) groups is 1. The minimum absolute atomic E-state index is 0. The topological polar surface area (TPSA) is 146 Å². The molecule has 0 saturated carbocycles. The molecule has 0 bridgehead atoms. The van der Waals surface area contributed by atoms with Crippen molar-refractivity contribution in [1.82, 2.24) is 14.7 Å². The lowest BCUT2D eigenvalue weighted by Gasteiger charge is -2.38. The molecule has 2 heterocycles. The van der Waals surface area contributed by atoms with Gasteiger partial charge in [-0.1, -0.05) is 47.5 Å². The van der Waals surface area contributed by atoms with E-state index in [2.05, 4.69) is 4.72 Å². The van der Waals surface area contributed by atoms with Gasteiger partial charge in [-0.3, -0.25) is 19.4 Å². The van der Waals surface area contributed by atoms with Crippen LogP contribution in [0.4, 0.5) is 10.5 Å². The molecule has 3 aromatic rings. The number of carbonyl (C=O) groups is 2. The highest BCUT2D eigenvalue weighted by Gasteiger charge is 2.45. The van der Waals surface area contributed by atoms with Crippen molar-refractivity contribution in [1.29, 1.82) is 0 Å². The Hall–Kier alpha value is -3.56. The van der Waals surface area contributed by atoms with Crippen molar-refractivity contribution < 1.29 is 31.2 Å². The van der Waals surface area contributed by atoms with E-state index in [1.165, 1.54) is 20.8 Å². The Morgan fingerprint density at radius 1 is 0.939 bits per heavy atom. The van der Waals surface area contributed by atoms with Gasteiger partial charge in [0.2, 0.25) is 15.9 Å². The fourth-order valence-corrected chi connectivity index (χ4v) is 7.01. The highest BCUT2D eigenvalue weighted by molar-refractivity contribution is 7.92. The second-order valence-corrected chi connectivity index (χ2v) is 16.4. The minimum atomic E-state index is -3.60. The lowest BCUT2D eigenvalue weighted by atomic mass is 9.93. The number of piperazine rings is 1. The van der Waals surface area contributed by atoms with Crippen molar-refractivity contribution in [2.45, 2.75) is 19.0 Å². The Morgan fingerprint density at radius 2 is 1.55 bits per heavy atom. The van der Waals surface area contributed by atoms with E-state index in [1.807, 2.05) is 24.3 Å².